The van der Waals surface area contributed by atoms with Gasteiger partial charge in [-0.25, -0.2) is 4.79 Å². The second kappa shape index (κ2) is 7.64. The van der Waals surface area contributed by atoms with Crippen LogP contribution in [0.25, 0.3) is 11.4 Å². The van der Waals surface area contributed by atoms with Gasteiger partial charge < -0.3 is 19.3 Å². The van der Waals surface area contributed by atoms with Crippen molar-refractivity contribution in [3.8, 4) is 23.5 Å². The summed E-state index contributed by atoms with van der Waals surface area (Å²) in [5.74, 6) is 0.605. The molecule has 1 amide bonds. The number of carboxylic acid groups (broad SMARTS) is 1. The Morgan fingerprint density at radius 3 is 2.69 bits per heavy atom. The molecule has 132 valence electrons. The Morgan fingerprint density at radius 2 is 2.04 bits per heavy atom. The number of rotatable bonds is 4. The van der Waals surface area contributed by atoms with Gasteiger partial charge in [-0.3, -0.25) is 0 Å². The standard InChI is InChI=1S/C17H15N5O4/c18-8-12-2-1-11(7-13(12)9-19)16-20-15(26-21-16)10-25-14-3-5-22(6-4-14)17(23)24/h1-2,7,14H,3-6,10H2,(H,23,24). The van der Waals surface area contributed by atoms with E-state index < -0.39 is 6.09 Å². The zero-order valence-corrected chi connectivity index (χ0v) is 13.8. The Hall–Kier alpha value is -3.43. The number of hydrogen-bond acceptors (Lipinski definition) is 7. The van der Waals surface area contributed by atoms with Gasteiger partial charge in [0.1, 0.15) is 18.7 Å². The van der Waals surface area contributed by atoms with Crippen molar-refractivity contribution in [2.24, 2.45) is 0 Å². The Bertz CT molecular complexity index is 887. The molecule has 0 spiro atoms. The quantitative estimate of drug-likeness (QED) is 0.882. The highest BCUT2D eigenvalue weighted by molar-refractivity contribution is 5.65. The van der Waals surface area contributed by atoms with E-state index in [2.05, 4.69) is 10.1 Å². The number of ether oxygens (including phenoxy) is 1. The van der Waals surface area contributed by atoms with Gasteiger partial charge in [-0.2, -0.15) is 15.5 Å². The second-order valence-corrected chi connectivity index (χ2v) is 5.78. The van der Waals surface area contributed by atoms with Gasteiger partial charge >= 0.3 is 6.09 Å². The molecule has 0 radical (unpaired) electrons. The lowest BCUT2D eigenvalue weighted by atomic mass is 10.1. The fraction of sp³-hybridized carbons (Fsp3) is 0.353. The van der Waals surface area contributed by atoms with Crippen LogP contribution in [0.5, 0.6) is 0 Å². The predicted molar refractivity (Wildman–Crippen MR) is 86.6 cm³/mol. The third-order valence-electron chi connectivity index (χ3n) is 4.14. The van der Waals surface area contributed by atoms with E-state index in [0.717, 1.165) is 0 Å². The molecule has 0 unspecified atom stereocenters. The number of hydrogen-bond donors (Lipinski definition) is 1. The van der Waals surface area contributed by atoms with E-state index in [4.69, 9.17) is 24.9 Å². The smallest absolute Gasteiger partial charge is 0.407 e. The maximum Gasteiger partial charge on any atom is 0.407 e. The first kappa shape index (κ1) is 17.4. The van der Waals surface area contributed by atoms with Crippen molar-refractivity contribution < 1.29 is 19.2 Å². The van der Waals surface area contributed by atoms with E-state index >= 15 is 0 Å². The molecule has 3 rings (SSSR count). The molecule has 9 heteroatoms. The van der Waals surface area contributed by atoms with Gasteiger partial charge in [-0.05, 0) is 31.0 Å². The fourth-order valence-electron chi connectivity index (χ4n) is 2.71. The van der Waals surface area contributed by atoms with Gasteiger partial charge in [-0.15, -0.1) is 0 Å². The lowest BCUT2D eigenvalue weighted by Gasteiger charge is -2.29. The molecule has 0 atom stereocenters. The molecule has 1 aromatic heterocycles. The monoisotopic (exact) mass is 353 g/mol. The molecule has 1 aliphatic heterocycles. The summed E-state index contributed by atoms with van der Waals surface area (Å²) in [6, 6.07) is 8.64. The highest BCUT2D eigenvalue weighted by Gasteiger charge is 2.23. The normalized spacial score (nSPS) is 14.6. The molecular formula is C17H15N5O4. The fourth-order valence-corrected chi connectivity index (χ4v) is 2.71. The number of likely N-dealkylation sites (tertiary alicyclic amines) is 1. The Labute approximate surface area is 149 Å². The first-order chi connectivity index (χ1) is 12.6. The van der Waals surface area contributed by atoms with Gasteiger partial charge in [-0.1, -0.05) is 5.16 Å². The summed E-state index contributed by atoms with van der Waals surface area (Å²) in [6.45, 7) is 1.01. The number of piperidine rings is 1. The van der Waals surface area contributed by atoms with Crippen molar-refractivity contribution >= 4 is 6.09 Å². The predicted octanol–water partition coefficient (Wildman–Crippen LogP) is 2.14. The summed E-state index contributed by atoms with van der Waals surface area (Å²) in [5.41, 5.74) is 1.11. The average Bonchev–Trinajstić information content (AvgIpc) is 3.15. The van der Waals surface area contributed by atoms with Crippen LogP contribution in [-0.4, -0.2) is 45.4 Å². The van der Waals surface area contributed by atoms with Crippen LogP contribution in [0.2, 0.25) is 0 Å². The van der Waals surface area contributed by atoms with Crippen LogP contribution in [0.1, 0.15) is 29.9 Å². The Balaban J connectivity index is 1.60. The third kappa shape index (κ3) is 3.79. The van der Waals surface area contributed by atoms with E-state index in [1.54, 1.807) is 6.07 Å². The number of nitrogens with zero attached hydrogens (tertiary/aromatic N) is 5. The molecule has 2 aromatic rings. The van der Waals surface area contributed by atoms with Gasteiger partial charge in [0, 0.05) is 18.7 Å². The average molecular weight is 353 g/mol. The van der Waals surface area contributed by atoms with Gasteiger partial charge in [0.25, 0.3) is 5.89 Å². The molecule has 26 heavy (non-hydrogen) atoms. The van der Waals surface area contributed by atoms with E-state index in [1.165, 1.54) is 17.0 Å². The minimum Gasteiger partial charge on any atom is -0.465 e. The van der Waals surface area contributed by atoms with Crippen molar-refractivity contribution in [2.75, 3.05) is 13.1 Å². The highest BCUT2D eigenvalue weighted by atomic mass is 16.5. The van der Waals surface area contributed by atoms with Crippen molar-refractivity contribution in [1.29, 1.82) is 10.5 Å². The Morgan fingerprint density at radius 1 is 1.31 bits per heavy atom. The zero-order valence-electron chi connectivity index (χ0n) is 13.8. The zero-order chi connectivity index (χ0) is 18.5. The summed E-state index contributed by atoms with van der Waals surface area (Å²) < 4.78 is 10.9. The van der Waals surface area contributed by atoms with Crippen molar-refractivity contribution in [3.63, 3.8) is 0 Å². The number of aromatic nitrogens is 2. The minimum absolute atomic E-state index is 0.0546. The third-order valence-corrected chi connectivity index (χ3v) is 4.14. The van der Waals surface area contributed by atoms with Crippen LogP contribution in [-0.2, 0) is 11.3 Å². The topological polar surface area (TPSA) is 136 Å². The van der Waals surface area contributed by atoms with Gasteiger partial charge in [0.15, 0.2) is 0 Å². The number of carbonyl (C=O) groups is 1. The maximum absolute atomic E-state index is 10.9. The van der Waals surface area contributed by atoms with Crippen LogP contribution in [0.4, 0.5) is 4.79 Å². The largest absolute Gasteiger partial charge is 0.465 e. The molecule has 0 saturated carbocycles. The van der Waals surface area contributed by atoms with E-state index in [-0.39, 0.29) is 23.8 Å². The first-order valence-corrected chi connectivity index (χ1v) is 7.97. The van der Waals surface area contributed by atoms with E-state index in [0.29, 0.717) is 43.2 Å². The second-order valence-electron chi connectivity index (χ2n) is 5.78. The summed E-state index contributed by atoms with van der Waals surface area (Å²) in [5, 5.41) is 30.8. The number of benzene rings is 1. The lowest BCUT2D eigenvalue weighted by molar-refractivity contribution is -0.00953. The molecule has 0 bridgehead atoms. The first-order valence-electron chi connectivity index (χ1n) is 7.97. The molecule has 0 aliphatic carbocycles. The molecule has 1 saturated heterocycles. The summed E-state index contributed by atoms with van der Waals surface area (Å²) in [6.07, 6.45) is 0.272. The van der Waals surface area contributed by atoms with Crippen LogP contribution >= 0.6 is 0 Å². The lowest BCUT2D eigenvalue weighted by Crippen LogP contribution is -2.40. The number of amides is 1. The van der Waals surface area contributed by atoms with Gasteiger partial charge in [0.2, 0.25) is 5.82 Å². The van der Waals surface area contributed by atoms with Crippen molar-refractivity contribution in [1.82, 2.24) is 15.0 Å². The molecule has 1 fully saturated rings. The van der Waals surface area contributed by atoms with E-state index in [9.17, 15) is 4.79 Å². The number of nitriles is 2. The molecule has 2 heterocycles. The van der Waals surface area contributed by atoms with E-state index in [1.807, 2.05) is 12.1 Å². The minimum atomic E-state index is -0.913. The maximum atomic E-state index is 10.9. The summed E-state index contributed by atoms with van der Waals surface area (Å²) >= 11 is 0. The Kier molecular flexibility index (Phi) is 5.11. The summed E-state index contributed by atoms with van der Waals surface area (Å²) in [7, 11) is 0. The molecular weight excluding hydrogens is 338 g/mol. The molecule has 9 nitrogen and oxygen atoms in total. The van der Waals surface area contributed by atoms with Crippen molar-refractivity contribution in [2.45, 2.75) is 25.6 Å². The van der Waals surface area contributed by atoms with Crippen molar-refractivity contribution in [3.05, 3.63) is 35.2 Å². The van der Waals surface area contributed by atoms with Crippen LogP contribution in [0.15, 0.2) is 22.7 Å². The highest BCUT2D eigenvalue weighted by Crippen LogP contribution is 2.21. The summed E-state index contributed by atoms with van der Waals surface area (Å²) in [4.78, 5) is 16.5. The van der Waals surface area contributed by atoms with Crippen LogP contribution in [0, 0.1) is 22.7 Å². The van der Waals surface area contributed by atoms with Gasteiger partial charge in [0.05, 0.1) is 17.2 Å². The molecule has 1 aromatic carbocycles. The molecule has 1 aliphatic rings. The van der Waals surface area contributed by atoms with Crippen LogP contribution < -0.4 is 0 Å². The molecule has 1 N–H and O–H groups in total. The SMILES string of the molecule is N#Cc1ccc(-c2noc(COC3CCN(C(=O)O)CC3)n2)cc1C#N. The van der Waals surface area contributed by atoms with Crippen LogP contribution in [0.3, 0.4) is 0 Å².